The van der Waals surface area contributed by atoms with Crippen molar-refractivity contribution in [3.05, 3.63) is 36.2 Å². The van der Waals surface area contributed by atoms with Crippen molar-refractivity contribution in [2.24, 2.45) is 0 Å². The third-order valence-electron chi connectivity index (χ3n) is 2.84. The summed E-state index contributed by atoms with van der Waals surface area (Å²) in [6, 6.07) is 8.81. The summed E-state index contributed by atoms with van der Waals surface area (Å²) in [5.74, 6) is -0.853. The smallest absolute Gasteiger partial charge is 0.451 e. The van der Waals surface area contributed by atoms with Crippen LogP contribution >= 0.6 is 0 Å². The van der Waals surface area contributed by atoms with E-state index in [1.165, 1.54) is 0 Å². The van der Waals surface area contributed by atoms with Gasteiger partial charge in [-0.3, -0.25) is 0 Å². The Hall–Kier alpha value is -2.58. The summed E-state index contributed by atoms with van der Waals surface area (Å²) < 4.78 is 44.1. The molecular formula is C15H18F3N5O. The minimum atomic E-state index is -4.65. The van der Waals surface area contributed by atoms with Gasteiger partial charge in [0.25, 0.3) is 0 Å². The van der Waals surface area contributed by atoms with E-state index in [-0.39, 0.29) is 24.5 Å². The Labute approximate surface area is 137 Å². The number of hydrogen-bond acceptors (Lipinski definition) is 6. The minimum Gasteiger partial charge on any atom is -0.491 e. The zero-order chi connectivity index (χ0) is 17.6. The predicted octanol–water partition coefficient (Wildman–Crippen LogP) is 3.20. The molecule has 0 saturated heterocycles. The van der Waals surface area contributed by atoms with Gasteiger partial charge in [0.05, 0.1) is 6.04 Å². The van der Waals surface area contributed by atoms with E-state index in [2.05, 4.69) is 25.6 Å². The standard InChI is InChI=1S/C15H18F3N5O/c1-3-19-13-21-12(15(16,17)18)22-14(23-13)20-10(2)9-24-11-7-5-4-6-8-11/h4-8,10H,3,9H2,1-2H3,(H2,19,20,21,22,23). The first-order chi connectivity index (χ1) is 11.4. The van der Waals surface area contributed by atoms with Gasteiger partial charge in [-0.1, -0.05) is 18.2 Å². The Kier molecular flexibility index (Phi) is 5.78. The molecule has 2 aromatic rings. The van der Waals surface area contributed by atoms with E-state index >= 15 is 0 Å². The van der Waals surface area contributed by atoms with Crippen LogP contribution in [0.25, 0.3) is 0 Å². The molecule has 1 unspecified atom stereocenters. The SMILES string of the molecule is CCNc1nc(NC(C)COc2ccccc2)nc(C(F)(F)F)n1. The van der Waals surface area contributed by atoms with E-state index in [0.717, 1.165) is 0 Å². The van der Waals surface area contributed by atoms with Crippen LogP contribution in [0.1, 0.15) is 19.7 Å². The van der Waals surface area contributed by atoms with Crippen LogP contribution in [0.4, 0.5) is 25.1 Å². The van der Waals surface area contributed by atoms with Crippen LogP contribution in [0, 0.1) is 0 Å². The van der Waals surface area contributed by atoms with Crippen LogP contribution in [-0.4, -0.2) is 34.1 Å². The number of para-hydroxylation sites is 1. The summed E-state index contributed by atoms with van der Waals surface area (Å²) >= 11 is 0. The van der Waals surface area contributed by atoms with Crippen molar-refractivity contribution in [3.63, 3.8) is 0 Å². The Balaban J connectivity index is 2.05. The fraction of sp³-hybridized carbons (Fsp3) is 0.400. The molecule has 2 N–H and O–H groups in total. The van der Waals surface area contributed by atoms with Crippen molar-refractivity contribution in [1.29, 1.82) is 0 Å². The molecule has 0 spiro atoms. The molecule has 1 aromatic heterocycles. The maximum Gasteiger partial charge on any atom is 0.451 e. The second-order valence-electron chi connectivity index (χ2n) is 5.00. The fourth-order valence-electron chi connectivity index (χ4n) is 1.80. The number of alkyl halides is 3. The number of benzene rings is 1. The molecule has 1 heterocycles. The van der Waals surface area contributed by atoms with E-state index in [1.807, 2.05) is 18.2 Å². The first kappa shape index (κ1) is 17.8. The summed E-state index contributed by atoms with van der Waals surface area (Å²) in [6.07, 6.45) is -4.65. The van der Waals surface area contributed by atoms with Gasteiger partial charge in [0, 0.05) is 6.54 Å². The summed E-state index contributed by atoms with van der Waals surface area (Å²) in [7, 11) is 0. The number of hydrogen-bond donors (Lipinski definition) is 2. The van der Waals surface area contributed by atoms with E-state index in [4.69, 9.17) is 4.74 Å². The van der Waals surface area contributed by atoms with Gasteiger partial charge >= 0.3 is 6.18 Å². The molecule has 0 bridgehead atoms. The number of rotatable bonds is 7. The minimum absolute atomic E-state index is 0.126. The topological polar surface area (TPSA) is 72.0 Å². The second-order valence-corrected chi connectivity index (χ2v) is 5.00. The summed E-state index contributed by atoms with van der Waals surface area (Å²) in [4.78, 5) is 10.7. The second kappa shape index (κ2) is 7.80. The van der Waals surface area contributed by atoms with Gasteiger partial charge in [-0.2, -0.15) is 28.1 Å². The van der Waals surface area contributed by atoms with Crippen LogP contribution in [0.2, 0.25) is 0 Å². The highest BCUT2D eigenvalue weighted by Crippen LogP contribution is 2.27. The third-order valence-corrected chi connectivity index (χ3v) is 2.84. The lowest BCUT2D eigenvalue weighted by molar-refractivity contribution is -0.144. The van der Waals surface area contributed by atoms with E-state index in [0.29, 0.717) is 12.3 Å². The number of ether oxygens (including phenoxy) is 1. The Morgan fingerprint density at radius 3 is 2.38 bits per heavy atom. The highest BCUT2D eigenvalue weighted by atomic mass is 19.4. The number of halogens is 3. The Morgan fingerprint density at radius 2 is 1.75 bits per heavy atom. The van der Waals surface area contributed by atoms with Crippen molar-refractivity contribution in [1.82, 2.24) is 15.0 Å². The molecule has 1 atom stereocenters. The number of aromatic nitrogens is 3. The lowest BCUT2D eigenvalue weighted by Gasteiger charge is -2.16. The molecule has 0 amide bonds. The Bertz CT molecular complexity index is 651. The zero-order valence-corrected chi connectivity index (χ0v) is 13.3. The van der Waals surface area contributed by atoms with Crippen molar-refractivity contribution >= 4 is 11.9 Å². The lowest BCUT2D eigenvalue weighted by atomic mass is 10.3. The molecule has 0 aliphatic heterocycles. The van der Waals surface area contributed by atoms with Crippen LogP contribution in [-0.2, 0) is 6.18 Å². The normalized spacial score (nSPS) is 12.5. The van der Waals surface area contributed by atoms with Gasteiger partial charge in [-0.05, 0) is 26.0 Å². The van der Waals surface area contributed by atoms with Gasteiger partial charge in [-0.25, -0.2) is 0 Å². The van der Waals surface area contributed by atoms with Gasteiger partial charge in [0.2, 0.25) is 17.7 Å². The quantitative estimate of drug-likeness (QED) is 0.806. The molecule has 130 valence electrons. The third kappa shape index (κ3) is 5.25. The number of anilines is 2. The molecule has 2 rings (SSSR count). The number of nitrogens with one attached hydrogen (secondary N) is 2. The first-order valence-electron chi connectivity index (χ1n) is 7.40. The molecule has 0 aliphatic carbocycles. The maximum atomic E-state index is 12.9. The van der Waals surface area contributed by atoms with Gasteiger partial charge in [0.1, 0.15) is 12.4 Å². The van der Waals surface area contributed by atoms with Crippen LogP contribution in [0.15, 0.2) is 30.3 Å². The van der Waals surface area contributed by atoms with Crippen molar-refractivity contribution in [2.75, 3.05) is 23.8 Å². The average Bonchev–Trinajstić information content (AvgIpc) is 2.53. The lowest BCUT2D eigenvalue weighted by Crippen LogP contribution is -2.26. The van der Waals surface area contributed by atoms with Gasteiger partial charge in [0.15, 0.2) is 0 Å². The van der Waals surface area contributed by atoms with E-state index < -0.39 is 12.0 Å². The maximum absolute atomic E-state index is 12.9. The molecule has 0 saturated carbocycles. The highest BCUT2D eigenvalue weighted by Gasteiger charge is 2.36. The summed E-state index contributed by atoms with van der Waals surface area (Å²) in [5.41, 5.74) is 0. The Morgan fingerprint density at radius 1 is 1.08 bits per heavy atom. The van der Waals surface area contributed by atoms with Crippen molar-refractivity contribution < 1.29 is 17.9 Å². The molecular weight excluding hydrogens is 323 g/mol. The van der Waals surface area contributed by atoms with Crippen LogP contribution in [0.5, 0.6) is 5.75 Å². The van der Waals surface area contributed by atoms with Gasteiger partial charge in [-0.15, -0.1) is 0 Å². The summed E-state index contributed by atoms with van der Waals surface area (Å²) in [6.45, 7) is 4.13. The molecule has 0 aliphatic rings. The van der Waals surface area contributed by atoms with Crippen LogP contribution < -0.4 is 15.4 Å². The first-order valence-corrected chi connectivity index (χ1v) is 7.40. The molecule has 24 heavy (non-hydrogen) atoms. The molecule has 0 radical (unpaired) electrons. The zero-order valence-electron chi connectivity index (χ0n) is 13.3. The van der Waals surface area contributed by atoms with Crippen molar-refractivity contribution in [2.45, 2.75) is 26.1 Å². The van der Waals surface area contributed by atoms with E-state index in [1.54, 1.807) is 26.0 Å². The molecule has 1 aromatic carbocycles. The van der Waals surface area contributed by atoms with Crippen LogP contribution in [0.3, 0.4) is 0 Å². The largest absolute Gasteiger partial charge is 0.491 e. The van der Waals surface area contributed by atoms with Gasteiger partial charge < -0.3 is 15.4 Å². The predicted molar refractivity (Wildman–Crippen MR) is 84.0 cm³/mol. The fourth-order valence-corrected chi connectivity index (χ4v) is 1.80. The van der Waals surface area contributed by atoms with Crippen molar-refractivity contribution in [3.8, 4) is 5.75 Å². The molecule has 9 heteroatoms. The molecule has 0 fully saturated rings. The summed E-state index contributed by atoms with van der Waals surface area (Å²) in [5, 5.41) is 5.45. The molecule has 6 nitrogen and oxygen atoms in total. The monoisotopic (exact) mass is 341 g/mol. The average molecular weight is 341 g/mol. The number of nitrogens with zero attached hydrogens (tertiary/aromatic N) is 3. The highest BCUT2D eigenvalue weighted by molar-refractivity contribution is 5.35. The van der Waals surface area contributed by atoms with E-state index in [9.17, 15) is 13.2 Å².